The molecule has 2 N–H and O–H groups in total. The minimum Gasteiger partial charge on any atom is -0.483 e. The molecule has 0 saturated carbocycles. The van der Waals surface area contributed by atoms with Gasteiger partial charge in [0, 0.05) is 17.3 Å². The van der Waals surface area contributed by atoms with Crippen LogP contribution in [0.2, 0.25) is 5.02 Å². The zero-order chi connectivity index (χ0) is 20.8. The van der Waals surface area contributed by atoms with Crippen LogP contribution in [-0.4, -0.2) is 12.5 Å². The van der Waals surface area contributed by atoms with Crippen molar-refractivity contribution in [2.45, 2.75) is 13.5 Å². The highest BCUT2D eigenvalue weighted by Crippen LogP contribution is 2.27. The van der Waals surface area contributed by atoms with Gasteiger partial charge in [-0.05, 0) is 70.4 Å². The van der Waals surface area contributed by atoms with Crippen molar-refractivity contribution in [3.05, 3.63) is 87.1 Å². The van der Waals surface area contributed by atoms with Gasteiger partial charge in [0.25, 0.3) is 5.91 Å². The molecule has 0 spiro atoms. The number of anilines is 2. The Bertz CT molecular complexity index is 1030. The third-order valence-electron chi connectivity index (χ3n) is 4.17. The number of aryl methyl sites for hydroxylation is 1. The number of hydrogen-bond acceptors (Lipinski definition) is 3. The van der Waals surface area contributed by atoms with Crippen LogP contribution in [0.5, 0.6) is 5.75 Å². The molecular weight excluding hydrogens is 459 g/mol. The van der Waals surface area contributed by atoms with Gasteiger partial charge in [-0.1, -0.05) is 35.9 Å². The number of amides is 1. The van der Waals surface area contributed by atoms with Crippen molar-refractivity contribution in [3.8, 4) is 5.75 Å². The molecule has 150 valence electrons. The van der Waals surface area contributed by atoms with Gasteiger partial charge < -0.3 is 15.4 Å². The van der Waals surface area contributed by atoms with E-state index in [0.717, 1.165) is 21.3 Å². The molecule has 0 radical (unpaired) electrons. The summed E-state index contributed by atoms with van der Waals surface area (Å²) in [5, 5.41) is 6.51. The molecule has 29 heavy (non-hydrogen) atoms. The lowest BCUT2D eigenvalue weighted by atomic mass is 10.2. The van der Waals surface area contributed by atoms with Gasteiger partial charge in [0.15, 0.2) is 6.61 Å². The predicted octanol–water partition coefficient (Wildman–Crippen LogP) is 6.18. The summed E-state index contributed by atoms with van der Waals surface area (Å²) in [6, 6.07) is 17.4. The number of carbonyl (C=O) groups excluding carboxylic acids is 1. The molecule has 0 atom stereocenters. The number of para-hydroxylation sites is 1. The molecule has 4 nitrogen and oxygen atoms in total. The lowest BCUT2D eigenvalue weighted by Gasteiger charge is -2.12. The van der Waals surface area contributed by atoms with Crippen molar-refractivity contribution >= 4 is 44.8 Å². The minimum absolute atomic E-state index is 0.123. The topological polar surface area (TPSA) is 50.4 Å². The molecule has 3 rings (SSSR count). The highest BCUT2D eigenvalue weighted by Gasteiger charge is 2.09. The maximum absolute atomic E-state index is 13.6. The van der Waals surface area contributed by atoms with Crippen LogP contribution in [0.1, 0.15) is 11.1 Å². The number of carbonyl (C=O) groups is 1. The second-order valence-electron chi connectivity index (χ2n) is 6.40. The molecule has 0 aromatic heterocycles. The lowest BCUT2D eigenvalue weighted by molar-refractivity contribution is -0.118. The highest BCUT2D eigenvalue weighted by molar-refractivity contribution is 9.10. The summed E-state index contributed by atoms with van der Waals surface area (Å²) >= 11 is 9.60. The Kier molecular flexibility index (Phi) is 7.12. The Hall–Kier alpha value is -2.57. The molecule has 0 aliphatic heterocycles. The Morgan fingerprint density at radius 1 is 1.14 bits per heavy atom. The zero-order valence-electron chi connectivity index (χ0n) is 15.6. The second-order valence-corrected chi connectivity index (χ2v) is 7.66. The predicted molar refractivity (Wildman–Crippen MR) is 118 cm³/mol. The maximum Gasteiger partial charge on any atom is 0.262 e. The molecule has 0 bridgehead atoms. The van der Waals surface area contributed by atoms with Gasteiger partial charge in [0.1, 0.15) is 11.6 Å². The number of hydrogen-bond donors (Lipinski definition) is 2. The standard InChI is InChI=1S/C22H19BrClFN2O2/c1-14-6-8-16(11-18(14)24)26-12-15-7-9-21(17(23)10-15)29-13-22(28)27-20-5-3-2-4-19(20)25/h2-11,26H,12-13H2,1H3,(H,27,28). The van der Waals surface area contributed by atoms with E-state index in [4.69, 9.17) is 16.3 Å². The lowest BCUT2D eigenvalue weighted by Crippen LogP contribution is -2.20. The first kappa shape index (κ1) is 21.1. The van der Waals surface area contributed by atoms with E-state index >= 15 is 0 Å². The van der Waals surface area contributed by atoms with Crippen LogP contribution in [0.25, 0.3) is 0 Å². The third kappa shape index (κ3) is 5.95. The average molecular weight is 478 g/mol. The smallest absolute Gasteiger partial charge is 0.262 e. The SMILES string of the molecule is Cc1ccc(NCc2ccc(OCC(=O)Nc3ccccc3F)c(Br)c2)cc1Cl. The van der Waals surface area contributed by atoms with Crippen molar-refractivity contribution in [1.29, 1.82) is 0 Å². The van der Waals surface area contributed by atoms with Crippen molar-refractivity contribution in [3.63, 3.8) is 0 Å². The number of ether oxygens (including phenoxy) is 1. The quantitative estimate of drug-likeness (QED) is 0.427. The van der Waals surface area contributed by atoms with Gasteiger partial charge >= 0.3 is 0 Å². The van der Waals surface area contributed by atoms with E-state index in [9.17, 15) is 9.18 Å². The molecule has 0 fully saturated rings. The molecular formula is C22H19BrClFN2O2. The fourth-order valence-electron chi connectivity index (χ4n) is 2.57. The normalized spacial score (nSPS) is 10.5. The second kappa shape index (κ2) is 9.76. The molecule has 0 aliphatic rings. The Morgan fingerprint density at radius 2 is 1.93 bits per heavy atom. The van der Waals surface area contributed by atoms with Crippen LogP contribution in [0.3, 0.4) is 0 Å². The molecule has 0 heterocycles. The van der Waals surface area contributed by atoms with Crippen LogP contribution in [0, 0.1) is 12.7 Å². The number of rotatable bonds is 7. The molecule has 0 unspecified atom stereocenters. The van der Waals surface area contributed by atoms with Crippen LogP contribution in [0.4, 0.5) is 15.8 Å². The molecule has 3 aromatic carbocycles. The van der Waals surface area contributed by atoms with Crippen molar-refractivity contribution in [2.24, 2.45) is 0 Å². The fourth-order valence-corrected chi connectivity index (χ4v) is 3.29. The third-order valence-corrected chi connectivity index (χ3v) is 5.20. The summed E-state index contributed by atoms with van der Waals surface area (Å²) in [6.45, 7) is 2.33. The van der Waals surface area contributed by atoms with Crippen molar-refractivity contribution in [1.82, 2.24) is 0 Å². The summed E-state index contributed by atoms with van der Waals surface area (Å²) in [5.41, 5.74) is 3.11. The first-order chi connectivity index (χ1) is 13.9. The Labute approximate surface area is 182 Å². The Balaban J connectivity index is 1.54. The minimum atomic E-state index is -0.492. The average Bonchev–Trinajstić information content (AvgIpc) is 2.70. The monoisotopic (exact) mass is 476 g/mol. The fraction of sp³-hybridized carbons (Fsp3) is 0.136. The van der Waals surface area contributed by atoms with Gasteiger partial charge in [-0.3, -0.25) is 4.79 Å². The van der Waals surface area contributed by atoms with Gasteiger partial charge in [-0.25, -0.2) is 4.39 Å². The summed E-state index contributed by atoms with van der Waals surface area (Å²) in [6.07, 6.45) is 0. The first-order valence-corrected chi connectivity index (χ1v) is 10.0. The summed E-state index contributed by atoms with van der Waals surface area (Å²) < 4.78 is 19.8. The van der Waals surface area contributed by atoms with E-state index in [1.54, 1.807) is 18.2 Å². The van der Waals surface area contributed by atoms with Crippen molar-refractivity contribution < 1.29 is 13.9 Å². The largest absolute Gasteiger partial charge is 0.483 e. The Morgan fingerprint density at radius 3 is 2.66 bits per heavy atom. The van der Waals surface area contributed by atoms with E-state index in [0.29, 0.717) is 17.3 Å². The molecule has 1 amide bonds. The van der Waals surface area contributed by atoms with Crippen molar-refractivity contribution in [2.75, 3.05) is 17.2 Å². The van der Waals surface area contributed by atoms with E-state index in [-0.39, 0.29) is 12.3 Å². The highest BCUT2D eigenvalue weighted by atomic mass is 79.9. The summed E-state index contributed by atoms with van der Waals surface area (Å²) in [5.74, 6) is -0.409. The van der Waals surface area contributed by atoms with E-state index in [1.807, 2.05) is 37.3 Å². The first-order valence-electron chi connectivity index (χ1n) is 8.88. The van der Waals surface area contributed by atoms with E-state index in [1.165, 1.54) is 12.1 Å². The van der Waals surface area contributed by atoms with Crippen LogP contribution < -0.4 is 15.4 Å². The van der Waals surface area contributed by atoms with Crippen LogP contribution >= 0.6 is 27.5 Å². The van der Waals surface area contributed by atoms with E-state index < -0.39 is 11.7 Å². The summed E-state index contributed by atoms with van der Waals surface area (Å²) in [4.78, 5) is 12.0. The van der Waals surface area contributed by atoms with Crippen LogP contribution in [0.15, 0.2) is 65.1 Å². The number of nitrogens with one attached hydrogen (secondary N) is 2. The number of halogens is 3. The van der Waals surface area contributed by atoms with Crippen LogP contribution in [-0.2, 0) is 11.3 Å². The van der Waals surface area contributed by atoms with E-state index in [2.05, 4.69) is 26.6 Å². The van der Waals surface area contributed by atoms with Gasteiger partial charge in [-0.2, -0.15) is 0 Å². The molecule has 7 heteroatoms. The maximum atomic E-state index is 13.6. The summed E-state index contributed by atoms with van der Waals surface area (Å²) in [7, 11) is 0. The number of benzene rings is 3. The molecule has 3 aromatic rings. The van der Waals surface area contributed by atoms with Gasteiger partial charge in [0.2, 0.25) is 0 Å². The molecule has 0 aliphatic carbocycles. The van der Waals surface area contributed by atoms with Gasteiger partial charge in [0.05, 0.1) is 10.2 Å². The van der Waals surface area contributed by atoms with Gasteiger partial charge in [-0.15, -0.1) is 0 Å². The zero-order valence-corrected chi connectivity index (χ0v) is 18.0. The molecule has 0 saturated heterocycles.